The first kappa shape index (κ1) is 18.4. The fraction of sp³-hybridized carbons (Fsp3) is 0. The second-order valence-corrected chi connectivity index (χ2v) is 6.57. The van der Waals surface area contributed by atoms with E-state index in [1.807, 2.05) is 97.2 Å². The first-order valence-electron chi connectivity index (χ1n) is 9.45. The molecular formula is C26H20N2O. The van der Waals surface area contributed by atoms with Gasteiger partial charge in [-0.2, -0.15) is 0 Å². The second kappa shape index (κ2) is 8.81. The van der Waals surface area contributed by atoms with Gasteiger partial charge >= 0.3 is 0 Å². The van der Waals surface area contributed by atoms with E-state index in [2.05, 4.69) is 17.2 Å². The Kier molecular flexibility index (Phi) is 5.58. The first-order chi connectivity index (χ1) is 14.3. The molecule has 3 aromatic carbocycles. The standard InChI is InChI=1S/C26H20N2O/c29-26(23-14-8-3-9-15-23)27-28-19-18-24(22-12-6-2-7-13-22)20-25(28)17-16-21-10-4-1-5-11-21/h1-20H/b17-16+. The molecule has 1 aromatic heterocycles. The molecule has 0 spiro atoms. The van der Waals surface area contributed by atoms with E-state index in [4.69, 9.17) is 0 Å². The third-order valence-electron chi connectivity index (χ3n) is 4.54. The Morgan fingerprint density at radius 1 is 0.690 bits per heavy atom. The molecule has 0 aliphatic rings. The number of hydrogen-bond acceptors (Lipinski definition) is 2. The summed E-state index contributed by atoms with van der Waals surface area (Å²) in [5.41, 5.74) is 4.64. The van der Waals surface area contributed by atoms with Gasteiger partial charge in [0.1, 0.15) is 0 Å². The Morgan fingerprint density at radius 2 is 1.31 bits per heavy atom. The number of benzene rings is 3. The van der Waals surface area contributed by atoms with Gasteiger partial charge in [0.05, 0.1) is 5.90 Å². The molecule has 4 aromatic rings. The number of pyridine rings is 1. The first-order valence-corrected chi connectivity index (χ1v) is 9.45. The third-order valence-corrected chi connectivity index (χ3v) is 4.54. The van der Waals surface area contributed by atoms with Gasteiger partial charge in [-0.1, -0.05) is 95.7 Å². The van der Waals surface area contributed by atoms with Crippen molar-refractivity contribution < 1.29 is 9.78 Å². The minimum Gasteiger partial charge on any atom is -0.854 e. The molecule has 0 aliphatic heterocycles. The summed E-state index contributed by atoms with van der Waals surface area (Å²) >= 11 is 0. The van der Waals surface area contributed by atoms with Crippen LogP contribution in [0, 0.1) is 0 Å². The minimum atomic E-state index is -0.280. The molecule has 3 heteroatoms. The molecule has 3 nitrogen and oxygen atoms in total. The van der Waals surface area contributed by atoms with Crippen LogP contribution in [0.4, 0.5) is 0 Å². The molecule has 0 amide bonds. The Morgan fingerprint density at radius 3 is 2.00 bits per heavy atom. The van der Waals surface area contributed by atoms with Crippen molar-refractivity contribution in [1.29, 1.82) is 0 Å². The summed E-state index contributed by atoms with van der Waals surface area (Å²) in [5, 5.41) is 16.9. The van der Waals surface area contributed by atoms with Gasteiger partial charge in [-0.25, -0.2) is 0 Å². The molecule has 0 unspecified atom stereocenters. The van der Waals surface area contributed by atoms with E-state index in [-0.39, 0.29) is 5.90 Å². The third kappa shape index (κ3) is 4.66. The lowest BCUT2D eigenvalue weighted by molar-refractivity contribution is -0.683. The Hall–Kier alpha value is -3.98. The van der Waals surface area contributed by atoms with Crippen molar-refractivity contribution in [1.82, 2.24) is 0 Å². The summed E-state index contributed by atoms with van der Waals surface area (Å²) in [6.45, 7) is 0. The SMILES string of the molecule is [O-]/C(=N\[n+]1ccc(-c2ccccc2)cc1/C=C/c1ccccc1)c1ccccc1. The lowest BCUT2D eigenvalue weighted by atomic mass is 10.1. The number of rotatable bonds is 5. The molecule has 0 N–H and O–H groups in total. The van der Waals surface area contributed by atoms with E-state index in [9.17, 15) is 5.11 Å². The van der Waals surface area contributed by atoms with Gasteiger partial charge in [0.2, 0.25) is 11.9 Å². The summed E-state index contributed by atoms with van der Waals surface area (Å²) < 4.78 is 1.63. The van der Waals surface area contributed by atoms with Crippen molar-refractivity contribution in [2.75, 3.05) is 0 Å². The maximum atomic E-state index is 12.6. The van der Waals surface area contributed by atoms with Crippen LogP contribution >= 0.6 is 0 Å². The number of nitrogens with zero attached hydrogens (tertiary/aromatic N) is 2. The Labute approximate surface area is 170 Å². The van der Waals surface area contributed by atoms with E-state index in [1.165, 1.54) is 0 Å². The van der Waals surface area contributed by atoms with E-state index in [1.54, 1.807) is 16.8 Å². The molecule has 1 heterocycles. The average Bonchev–Trinajstić information content (AvgIpc) is 2.80. The van der Waals surface area contributed by atoms with Gasteiger partial charge < -0.3 is 5.11 Å². The van der Waals surface area contributed by atoms with E-state index < -0.39 is 0 Å². The molecule has 0 saturated heterocycles. The summed E-state index contributed by atoms with van der Waals surface area (Å²) in [7, 11) is 0. The number of hydrogen-bond donors (Lipinski definition) is 0. The van der Waals surface area contributed by atoms with Gasteiger partial charge in [-0.05, 0) is 33.4 Å². The van der Waals surface area contributed by atoms with Crippen LogP contribution in [0.1, 0.15) is 16.8 Å². The topological polar surface area (TPSA) is 39.3 Å². The maximum absolute atomic E-state index is 12.6. The van der Waals surface area contributed by atoms with E-state index >= 15 is 0 Å². The molecule has 0 saturated carbocycles. The normalized spacial score (nSPS) is 11.7. The molecular weight excluding hydrogens is 356 g/mol. The molecule has 140 valence electrons. The largest absolute Gasteiger partial charge is 0.854 e. The van der Waals surface area contributed by atoms with Crippen molar-refractivity contribution >= 4 is 18.0 Å². The zero-order valence-corrected chi connectivity index (χ0v) is 15.8. The molecule has 0 aliphatic carbocycles. The highest BCUT2D eigenvalue weighted by atomic mass is 16.3. The van der Waals surface area contributed by atoms with Crippen LogP contribution in [0.25, 0.3) is 23.3 Å². The van der Waals surface area contributed by atoms with Gasteiger partial charge in [0.25, 0.3) is 0 Å². The van der Waals surface area contributed by atoms with Crippen molar-refractivity contribution in [3.8, 4) is 11.1 Å². The lowest BCUT2D eigenvalue weighted by Crippen LogP contribution is -2.36. The van der Waals surface area contributed by atoms with Crippen molar-refractivity contribution in [3.05, 3.63) is 126 Å². The fourth-order valence-electron chi connectivity index (χ4n) is 3.02. The zero-order valence-electron chi connectivity index (χ0n) is 15.8. The van der Waals surface area contributed by atoms with E-state index in [0.29, 0.717) is 5.56 Å². The van der Waals surface area contributed by atoms with Crippen LogP contribution in [0.15, 0.2) is 114 Å². The number of aromatic nitrogens is 1. The molecule has 0 bridgehead atoms. The van der Waals surface area contributed by atoms with Crippen molar-refractivity contribution in [2.24, 2.45) is 5.10 Å². The Balaban J connectivity index is 1.76. The van der Waals surface area contributed by atoms with Crippen LogP contribution in [0.2, 0.25) is 0 Å². The van der Waals surface area contributed by atoms with Crippen LogP contribution in [-0.2, 0) is 0 Å². The average molecular weight is 376 g/mol. The predicted octanol–water partition coefficient (Wildman–Crippen LogP) is 4.38. The zero-order chi connectivity index (χ0) is 19.9. The van der Waals surface area contributed by atoms with Gasteiger partial charge in [-0.3, -0.25) is 0 Å². The molecule has 4 rings (SSSR count). The monoisotopic (exact) mass is 376 g/mol. The smallest absolute Gasteiger partial charge is 0.238 e. The summed E-state index contributed by atoms with van der Waals surface area (Å²) in [6, 6.07) is 33.3. The van der Waals surface area contributed by atoms with Crippen LogP contribution < -0.4 is 9.78 Å². The maximum Gasteiger partial charge on any atom is 0.238 e. The molecule has 0 fully saturated rings. The quantitative estimate of drug-likeness (QED) is 0.289. The predicted molar refractivity (Wildman–Crippen MR) is 116 cm³/mol. The summed E-state index contributed by atoms with van der Waals surface area (Å²) in [4.78, 5) is 0. The highest BCUT2D eigenvalue weighted by molar-refractivity contribution is 5.89. The summed E-state index contributed by atoms with van der Waals surface area (Å²) in [6.07, 6.45) is 5.82. The van der Waals surface area contributed by atoms with E-state index in [0.717, 1.165) is 22.4 Å². The summed E-state index contributed by atoms with van der Waals surface area (Å²) in [5.74, 6) is -0.280. The highest BCUT2D eigenvalue weighted by Gasteiger charge is 2.10. The fourth-order valence-corrected chi connectivity index (χ4v) is 3.02. The van der Waals surface area contributed by atoms with Crippen molar-refractivity contribution in [2.45, 2.75) is 0 Å². The van der Waals surface area contributed by atoms with Crippen LogP contribution in [0.3, 0.4) is 0 Å². The van der Waals surface area contributed by atoms with Gasteiger partial charge in [0, 0.05) is 18.2 Å². The minimum absolute atomic E-state index is 0.280. The van der Waals surface area contributed by atoms with Gasteiger partial charge in [-0.15, -0.1) is 0 Å². The van der Waals surface area contributed by atoms with Crippen LogP contribution in [0.5, 0.6) is 0 Å². The molecule has 29 heavy (non-hydrogen) atoms. The molecule has 0 atom stereocenters. The van der Waals surface area contributed by atoms with Gasteiger partial charge in [0.15, 0.2) is 0 Å². The van der Waals surface area contributed by atoms with Crippen LogP contribution in [-0.4, -0.2) is 5.90 Å². The Bertz CT molecular complexity index is 1140. The second-order valence-electron chi connectivity index (χ2n) is 6.57. The highest BCUT2D eigenvalue weighted by Crippen LogP contribution is 2.19. The molecule has 0 radical (unpaired) electrons. The van der Waals surface area contributed by atoms with Crippen molar-refractivity contribution in [3.63, 3.8) is 0 Å². The lowest BCUT2D eigenvalue weighted by Gasteiger charge is -2.07.